The van der Waals surface area contributed by atoms with Crippen LogP contribution in [0.2, 0.25) is 0 Å². The molecule has 4 aliphatic carbocycles. The second-order valence-corrected chi connectivity index (χ2v) is 8.98. The van der Waals surface area contributed by atoms with Gasteiger partial charge in [0, 0.05) is 0 Å². The highest BCUT2D eigenvalue weighted by Crippen LogP contribution is 2.66. The Kier molecular flexibility index (Phi) is 2.93. The zero-order chi connectivity index (χ0) is 14.0. The van der Waals surface area contributed by atoms with E-state index < -0.39 is 0 Å². The summed E-state index contributed by atoms with van der Waals surface area (Å²) in [5, 5.41) is 0. The maximum atomic E-state index is 2.69. The molecular formula is C20H32. The van der Waals surface area contributed by atoms with E-state index >= 15 is 0 Å². The van der Waals surface area contributed by atoms with Crippen molar-refractivity contribution in [1.29, 1.82) is 0 Å². The van der Waals surface area contributed by atoms with E-state index in [1.807, 2.05) is 0 Å². The van der Waals surface area contributed by atoms with Crippen LogP contribution >= 0.6 is 0 Å². The SMILES string of the molecule is CC1=CC[C@H]2[C@@H]3CCC4CCCC[C@]4(C)[C@H]3CC[C@]12C. The molecule has 0 nitrogen and oxygen atoms in total. The highest BCUT2D eigenvalue weighted by molar-refractivity contribution is 5.23. The molecule has 1 unspecified atom stereocenters. The summed E-state index contributed by atoms with van der Waals surface area (Å²) < 4.78 is 0. The largest absolute Gasteiger partial charge is 0.0847 e. The van der Waals surface area contributed by atoms with Gasteiger partial charge in [0.25, 0.3) is 0 Å². The molecule has 0 N–H and O–H groups in total. The fourth-order valence-electron chi connectivity index (χ4n) is 7.08. The Bertz CT molecular complexity index is 433. The average Bonchev–Trinajstić information content (AvgIpc) is 2.74. The molecule has 112 valence electrons. The Balaban J connectivity index is 1.65. The summed E-state index contributed by atoms with van der Waals surface area (Å²) in [5.41, 5.74) is 3.00. The molecule has 4 aliphatic rings. The van der Waals surface area contributed by atoms with Crippen LogP contribution in [0.4, 0.5) is 0 Å². The lowest BCUT2D eigenvalue weighted by Gasteiger charge is -2.60. The minimum atomic E-state index is 0.568. The molecule has 0 heteroatoms. The highest BCUT2D eigenvalue weighted by atomic mass is 14.6. The van der Waals surface area contributed by atoms with Gasteiger partial charge in [-0.25, -0.2) is 0 Å². The lowest BCUT2D eigenvalue weighted by atomic mass is 9.45. The van der Waals surface area contributed by atoms with Crippen molar-refractivity contribution < 1.29 is 0 Å². The molecule has 0 aromatic rings. The van der Waals surface area contributed by atoms with Crippen LogP contribution in [-0.4, -0.2) is 0 Å². The molecule has 0 amide bonds. The lowest BCUT2D eigenvalue weighted by molar-refractivity contribution is -0.0987. The van der Waals surface area contributed by atoms with Crippen molar-refractivity contribution in [2.45, 2.75) is 78.6 Å². The molecule has 0 saturated heterocycles. The van der Waals surface area contributed by atoms with E-state index in [4.69, 9.17) is 0 Å². The summed E-state index contributed by atoms with van der Waals surface area (Å²) in [6.07, 6.45) is 16.2. The molecule has 3 saturated carbocycles. The maximum Gasteiger partial charge on any atom is -0.00851 e. The van der Waals surface area contributed by atoms with Gasteiger partial charge in [0.1, 0.15) is 0 Å². The maximum absolute atomic E-state index is 2.69. The second-order valence-electron chi connectivity index (χ2n) is 8.98. The minimum absolute atomic E-state index is 0.568. The van der Waals surface area contributed by atoms with Crippen LogP contribution < -0.4 is 0 Å². The summed E-state index contributed by atoms with van der Waals surface area (Å²) in [5.74, 6) is 4.15. The van der Waals surface area contributed by atoms with E-state index in [0.717, 1.165) is 23.7 Å². The first-order valence-electron chi connectivity index (χ1n) is 9.23. The third-order valence-corrected chi connectivity index (χ3v) is 8.55. The van der Waals surface area contributed by atoms with Gasteiger partial charge < -0.3 is 0 Å². The molecule has 6 atom stereocenters. The van der Waals surface area contributed by atoms with Crippen molar-refractivity contribution in [1.82, 2.24) is 0 Å². The number of rotatable bonds is 0. The van der Waals surface area contributed by atoms with Gasteiger partial charge in [-0.15, -0.1) is 0 Å². The van der Waals surface area contributed by atoms with Gasteiger partial charge in [0.15, 0.2) is 0 Å². The molecule has 4 rings (SSSR count). The van der Waals surface area contributed by atoms with Crippen molar-refractivity contribution in [3.05, 3.63) is 11.6 Å². The molecule has 0 radical (unpaired) electrons. The summed E-state index contributed by atoms with van der Waals surface area (Å²) in [6, 6.07) is 0. The Morgan fingerprint density at radius 3 is 2.65 bits per heavy atom. The molecular weight excluding hydrogens is 240 g/mol. The number of fused-ring (bicyclic) bond motifs is 5. The van der Waals surface area contributed by atoms with Crippen molar-refractivity contribution >= 4 is 0 Å². The molecule has 3 fully saturated rings. The highest BCUT2D eigenvalue weighted by Gasteiger charge is 2.57. The number of allylic oxidation sites excluding steroid dienone is 2. The van der Waals surface area contributed by atoms with Gasteiger partial charge in [0.2, 0.25) is 0 Å². The Hall–Kier alpha value is -0.260. The molecule has 0 spiro atoms. The second kappa shape index (κ2) is 4.37. The van der Waals surface area contributed by atoms with Crippen LogP contribution in [0.3, 0.4) is 0 Å². The van der Waals surface area contributed by atoms with E-state index in [-0.39, 0.29) is 0 Å². The normalized spacial score (nSPS) is 54.6. The molecule has 20 heavy (non-hydrogen) atoms. The van der Waals surface area contributed by atoms with Crippen molar-refractivity contribution in [3.63, 3.8) is 0 Å². The van der Waals surface area contributed by atoms with Crippen LogP contribution in [0.25, 0.3) is 0 Å². The molecule has 0 heterocycles. The predicted molar refractivity (Wildman–Crippen MR) is 85.5 cm³/mol. The lowest BCUT2D eigenvalue weighted by Crippen LogP contribution is -2.52. The van der Waals surface area contributed by atoms with Gasteiger partial charge in [-0.05, 0) is 86.4 Å². The van der Waals surface area contributed by atoms with Crippen LogP contribution in [0, 0.1) is 34.5 Å². The van der Waals surface area contributed by atoms with E-state index in [1.54, 1.807) is 24.8 Å². The fourth-order valence-corrected chi connectivity index (χ4v) is 7.08. The van der Waals surface area contributed by atoms with Gasteiger partial charge >= 0.3 is 0 Å². The average molecular weight is 272 g/mol. The van der Waals surface area contributed by atoms with E-state index in [0.29, 0.717) is 10.8 Å². The van der Waals surface area contributed by atoms with E-state index in [1.165, 1.54) is 38.5 Å². The molecule has 0 aliphatic heterocycles. The van der Waals surface area contributed by atoms with Gasteiger partial charge in [-0.2, -0.15) is 0 Å². The standard InChI is InChI=1S/C20H32/c1-14-7-10-17-16-9-8-15-6-4-5-12-20(15,3)18(16)11-13-19(14,17)2/h7,15-18H,4-6,8-13H2,1-3H3/t15?,16-,17-,18-,19+,20-/m0/s1. The molecule has 0 aromatic heterocycles. The first kappa shape index (κ1) is 13.4. The van der Waals surface area contributed by atoms with Crippen LogP contribution in [0.5, 0.6) is 0 Å². The molecule has 0 aromatic carbocycles. The summed E-state index contributed by atoms with van der Waals surface area (Å²) >= 11 is 0. The third kappa shape index (κ3) is 1.60. The Morgan fingerprint density at radius 1 is 0.950 bits per heavy atom. The summed E-state index contributed by atoms with van der Waals surface area (Å²) in [7, 11) is 0. The fraction of sp³-hybridized carbons (Fsp3) is 0.900. The number of hydrogen-bond donors (Lipinski definition) is 0. The smallest absolute Gasteiger partial charge is 0.00851 e. The number of hydrogen-bond acceptors (Lipinski definition) is 0. The van der Waals surface area contributed by atoms with Crippen molar-refractivity contribution in [2.24, 2.45) is 34.5 Å². The van der Waals surface area contributed by atoms with Gasteiger partial charge in [-0.3, -0.25) is 0 Å². The Labute approximate surface area is 125 Å². The monoisotopic (exact) mass is 272 g/mol. The summed E-state index contributed by atoms with van der Waals surface area (Å²) in [4.78, 5) is 0. The molecule has 0 bridgehead atoms. The van der Waals surface area contributed by atoms with Crippen molar-refractivity contribution in [2.75, 3.05) is 0 Å². The van der Waals surface area contributed by atoms with Crippen LogP contribution in [0.15, 0.2) is 11.6 Å². The van der Waals surface area contributed by atoms with E-state index in [2.05, 4.69) is 26.8 Å². The first-order valence-corrected chi connectivity index (χ1v) is 9.23. The predicted octanol–water partition coefficient (Wildman–Crippen LogP) is 5.98. The van der Waals surface area contributed by atoms with Gasteiger partial charge in [-0.1, -0.05) is 38.3 Å². The van der Waals surface area contributed by atoms with Crippen molar-refractivity contribution in [3.8, 4) is 0 Å². The Morgan fingerprint density at radius 2 is 1.80 bits per heavy atom. The zero-order valence-electron chi connectivity index (χ0n) is 13.8. The van der Waals surface area contributed by atoms with Crippen LogP contribution in [0.1, 0.15) is 78.6 Å². The summed E-state index contributed by atoms with van der Waals surface area (Å²) in [6.45, 7) is 7.68. The minimum Gasteiger partial charge on any atom is -0.0847 e. The van der Waals surface area contributed by atoms with Crippen LogP contribution in [-0.2, 0) is 0 Å². The van der Waals surface area contributed by atoms with Gasteiger partial charge in [0.05, 0.1) is 0 Å². The topological polar surface area (TPSA) is 0 Å². The van der Waals surface area contributed by atoms with E-state index in [9.17, 15) is 0 Å². The quantitative estimate of drug-likeness (QED) is 0.476. The zero-order valence-corrected chi connectivity index (χ0v) is 13.8. The first-order chi connectivity index (χ1) is 9.56. The third-order valence-electron chi connectivity index (χ3n) is 8.55.